The van der Waals surface area contributed by atoms with Gasteiger partial charge in [-0.2, -0.15) is 4.98 Å². The van der Waals surface area contributed by atoms with Crippen molar-refractivity contribution in [2.24, 2.45) is 0 Å². The zero-order chi connectivity index (χ0) is 18.8. The standard InChI is InChI=1S/C19H18N6O2/c1-12(14-6-4-3-5-7-14)18(26)20-11-17-23-22-16-10-15(8-9-25(16)17)19-21-13(2)24-27-19/h3-10,12H,11H2,1-2H3,(H,20,26)/t12-/m0/s1. The minimum absolute atomic E-state index is 0.0593. The van der Waals surface area contributed by atoms with Crippen LogP contribution in [0, 0.1) is 6.92 Å². The molecule has 136 valence electrons. The van der Waals surface area contributed by atoms with Crippen molar-refractivity contribution in [3.63, 3.8) is 0 Å². The molecular weight excluding hydrogens is 344 g/mol. The highest BCUT2D eigenvalue weighted by Crippen LogP contribution is 2.19. The second kappa shape index (κ2) is 6.99. The molecule has 0 spiro atoms. The molecule has 8 nitrogen and oxygen atoms in total. The summed E-state index contributed by atoms with van der Waals surface area (Å²) >= 11 is 0. The van der Waals surface area contributed by atoms with E-state index < -0.39 is 0 Å². The fraction of sp³-hybridized carbons (Fsp3) is 0.211. The van der Waals surface area contributed by atoms with Crippen LogP contribution in [-0.4, -0.2) is 30.6 Å². The molecule has 1 N–H and O–H groups in total. The van der Waals surface area contributed by atoms with Crippen molar-refractivity contribution < 1.29 is 9.32 Å². The highest BCUT2D eigenvalue weighted by molar-refractivity contribution is 5.83. The fourth-order valence-corrected chi connectivity index (χ4v) is 2.82. The van der Waals surface area contributed by atoms with Gasteiger partial charge in [0.05, 0.1) is 12.5 Å². The van der Waals surface area contributed by atoms with Crippen LogP contribution in [0.25, 0.3) is 17.1 Å². The molecule has 4 rings (SSSR count). The first-order valence-electron chi connectivity index (χ1n) is 8.59. The van der Waals surface area contributed by atoms with Crippen LogP contribution in [-0.2, 0) is 11.3 Å². The molecule has 3 heterocycles. The van der Waals surface area contributed by atoms with E-state index in [9.17, 15) is 4.79 Å². The Kier molecular flexibility index (Phi) is 4.37. The molecule has 1 aromatic carbocycles. The number of carbonyl (C=O) groups is 1. The second-order valence-corrected chi connectivity index (χ2v) is 6.26. The Hall–Kier alpha value is -3.55. The van der Waals surface area contributed by atoms with Crippen molar-refractivity contribution in [3.8, 4) is 11.5 Å². The number of nitrogens with zero attached hydrogens (tertiary/aromatic N) is 5. The van der Waals surface area contributed by atoms with Crippen molar-refractivity contribution >= 4 is 11.6 Å². The van der Waals surface area contributed by atoms with Gasteiger partial charge in [0.25, 0.3) is 5.89 Å². The largest absolute Gasteiger partial charge is 0.348 e. The van der Waals surface area contributed by atoms with Crippen LogP contribution in [0.3, 0.4) is 0 Å². The second-order valence-electron chi connectivity index (χ2n) is 6.26. The van der Waals surface area contributed by atoms with Gasteiger partial charge in [-0.25, -0.2) is 0 Å². The van der Waals surface area contributed by atoms with E-state index in [0.717, 1.165) is 11.1 Å². The van der Waals surface area contributed by atoms with E-state index in [1.165, 1.54) is 0 Å². The lowest BCUT2D eigenvalue weighted by molar-refractivity contribution is -0.122. The maximum Gasteiger partial charge on any atom is 0.258 e. The number of aryl methyl sites for hydroxylation is 1. The van der Waals surface area contributed by atoms with E-state index in [4.69, 9.17) is 4.52 Å². The molecule has 27 heavy (non-hydrogen) atoms. The quantitative estimate of drug-likeness (QED) is 0.586. The van der Waals surface area contributed by atoms with E-state index in [1.807, 2.05) is 60.0 Å². The van der Waals surface area contributed by atoms with Crippen LogP contribution in [0.4, 0.5) is 0 Å². The molecule has 0 saturated heterocycles. The summed E-state index contributed by atoms with van der Waals surface area (Å²) in [6.07, 6.45) is 1.83. The smallest absolute Gasteiger partial charge is 0.258 e. The van der Waals surface area contributed by atoms with Gasteiger partial charge >= 0.3 is 0 Å². The first kappa shape index (κ1) is 16.9. The van der Waals surface area contributed by atoms with Crippen LogP contribution in [0.1, 0.15) is 30.1 Å². The molecular formula is C19H18N6O2. The zero-order valence-corrected chi connectivity index (χ0v) is 15.0. The Morgan fingerprint density at radius 2 is 2.04 bits per heavy atom. The minimum atomic E-state index is -0.238. The zero-order valence-electron chi connectivity index (χ0n) is 15.0. The van der Waals surface area contributed by atoms with E-state index in [0.29, 0.717) is 23.2 Å². The molecule has 3 aromatic heterocycles. The van der Waals surface area contributed by atoms with Crippen LogP contribution in [0.5, 0.6) is 0 Å². The summed E-state index contributed by atoms with van der Waals surface area (Å²) < 4.78 is 7.00. The van der Waals surface area contributed by atoms with Crippen LogP contribution in [0.2, 0.25) is 0 Å². The summed E-state index contributed by atoms with van der Waals surface area (Å²) in [4.78, 5) is 16.6. The molecule has 0 radical (unpaired) electrons. The minimum Gasteiger partial charge on any atom is -0.348 e. The Balaban J connectivity index is 1.49. The Labute approximate surface area is 155 Å². The number of aromatic nitrogens is 5. The summed E-state index contributed by atoms with van der Waals surface area (Å²) in [6, 6.07) is 13.3. The van der Waals surface area contributed by atoms with Crippen molar-refractivity contribution in [2.75, 3.05) is 0 Å². The number of benzene rings is 1. The Morgan fingerprint density at radius 3 is 2.78 bits per heavy atom. The van der Waals surface area contributed by atoms with Gasteiger partial charge in [0.2, 0.25) is 5.91 Å². The first-order chi connectivity index (χ1) is 13.1. The monoisotopic (exact) mass is 362 g/mol. The summed E-state index contributed by atoms with van der Waals surface area (Å²) in [5.74, 6) is 1.35. The first-order valence-corrected chi connectivity index (χ1v) is 8.59. The SMILES string of the molecule is Cc1noc(-c2ccn3c(CNC(=O)[C@@H](C)c4ccccc4)nnc3c2)n1. The molecule has 0 saturated carbocycles. The van der Waals surface area contributed by atoms with Gasteiger partial charge < -0.3 is 9.84 Å². The molecule has 0 aliphatic heterocycles. The van der Waals surface area contributed by atoms with Crippen molar-refractivity contribution in [3.05, 3.63) is 65.9 Å². The number of nitrogens with one attached hydrogen (secondary N) is 1. The van der Waals surface area contributed by atoms with E-state index in [2.05, 4.69) is 25.7 Å². The maximum absolute atomic E-state index is 12.4. The van der Waals surface area contributed by atoms with E-state index in [-0.39, 0.29) is 18.4 Å². The molecule has 8 heteroatoms. The topological polar surface area (TPSA) is 98.2 Å². The average Bonchev–Trinajstić information content (AvgIpc) is 3.31. The van der Waals surface area contributed by atoms with Gasteiger partial charge in [-0.3, -0.25) is 9.20 Å². The third-order valence-corrected chi connectivity index (χ3v) is 4.37. The molecule has 0 fully saturated rings. The Morgan fingerprint density at radius 1 is 1.22 bits per heavy atom. The molecule has 0 aliphatic rings. The van der Waals surface area contributed by atoms with E-state index in [1.54, 1.807) is 6.92 Å². The number of hydrogen-bond donors (Lipinski definition) is 1. The van der Waals surface area contributed by atoms with Crippen molar-refractivity contribution in [1.82, 2.24) is 30.1 Å². The summed E-state index contributed by atoms with van der Waals surface area (Å²) in [6.45, 7) is 3.93. The van der Waals surface area contributed by atoms with Gasteiger partial charge in [0, 0.05) is 11.8 Å². The Bertz CT molecular complexity index is 1090. The number of hydrogen-bond acceptors (Lipinski definition) is 6. The van der Waals surface area contributed by atoms with Gasteiger partial charge in [0.15, 0.2) is 17.3 Å². The van der Waals surface area contributed by atoms with Crippen molar-refractivity contribution in [2.45, 2.75) is 26.3 Å². The lowest BCUT2D eigenvalue weighted by Gasteiger charge is -2.11. The number of pyridine rings is 1. The average molecular weight is 362 g/mol. The van der Waals surface area contributed by atoms with Gasteiger partial charge in [-0.1, -0.05) is 35.5 Å². The maximum atomic E-state index is 12.4. The molecule has 0 bridgehead atoms. The van der Waals surface area contributed by atoms with Gasteiger partial charge in [-0.15, -0.1) is 10.2 Å². The highest BCUT2D eigenvalue weighted by Gasteiger charge is 2.16. The lowest BCUT2D eigenvalue weighted by atomic mass is 10.0. The number of amides is 1. The normalized spacial score (nSPS) is 12.2. The van der Waals surface area contributed by atoms with Gasteiger partial charge in [0.1, 0.15) is 0 Å². The predicted octanol–water partition coefficient (Wildman–Crippen LogP) is 2.51. The summed E-state index contributed by atoms with van der Waals surface area (Å²) in [5.41, 5.74) is 2.38. The summed E-state index contributed by atoms with van der Waals surface area (Å²) in [5, 5.41) is 15.0. The van der Waals surface area contributed by atoms with Crippen LogP contribution < -0.4 is 5.32 Å². The van der Waals surface area contributed by atoms with E-state index >= 15 is 0 Å². The third kappa shape index (κ3) is 3.41. The predicted molar refractivity (Wildman–Crippen MR) is 97.7 cm³/mol. The molecule has 4 aromatic rings. The van der Waals surface area contributed by atoms with Crippen molar-refractivity contribution in [1.29, 1.82) is 0 Å². The summed E-state index contributed by atoms with van der Waals surface area (Å²) in [7, 11) is 0. The van der Waals surface area contributed by atoms with Crippen LogP contribution >= 0.6 is 0 Å². The number of carbonyl (C=O) groups excluding carboxylic acids is 1. The number of rotatable bonds is 5. The van der Waals surface area contributed by atoms with Crippen LogP contribution in [0.15, 0.2) is 53.2 Å². The molecule has 0 aliphatic carbocycles. The van der Waals surface area contributed by atoms with Gasteiger partial charge in [-0.05, 0) is 31.5 Å². The third-order valence-electron chi connectivity index (χ3n) is 4.37. The molecule has 1 amide bonds. The highest BCUT2D eigenvalue weighted by atomic mass is 16.5. The lowest BCUT2D eigenvalue weighted by Crippen LogP contribution is -2.28. The fourth-order valence-electron chi connectivity index (χ4n) is 2.82. The number of fused-ring (bicyclic) bond motifs is 1. The molecule has 1 atom stereocenters. The molecule has 0 unspecified atom stereocenters.